The lowest BCUT2D eigenvalue weighted by atomic mass is 10.2. The summed E-state index contributed by atoms with van der Waals surface area (Å²) in [7, 11) is 0. The van der Waals surface area contributed by atoms with Crippen LogP contribution < -0.4 is 16.4 Å². The minimum atomic E-state index is -0.512. The van der Waals surface area contributed by atoms with Crippen LogP contribution in [0.5, 0.6) is 0 Å². The van der Waals surface area contributed by atoms with Crippen molar-refractivity contribution in [1.29, 1.82) is 0 Å². The second-order valence-corrected chi connectivity index (χ2v) is 6.91. The van der Waals surface area contributed by atoms with E-state index >= 15 is 0 Å². The molecule has 0 bridgehead atoms. The molecule has 134 valence electrons. The molecule has 2 rings (SSSR count). The van der Waals surface area contributed by atoms with Gasteiger partial charge in [0.2, 0.25) is 0 Å². The van der Waals surface area contributed by atoms with Gasteiger partial charge in [-0.25, -0.2) is 4.39 Å². The first kappa shape index (κ1) is 19.4. The summed E-state index contributed by atoms with van der Waals surface area (Å²) in [4.78, 5) is 25.0. The van der Waals surface area contributed by atoms with Gasteiger partial charge in [0.1, 0.15) is 5.82 Å². The Morgan fingerprint density at radius 1 is 1.24 bits per heavy atom. The lowest BCUT2D eigenvalue weighted by Gasteiger charge is -2.05. The molecule has 2 amide bonds. The molecular weight excluding hydrogens is 365 g/mol. The number of hydrogen-bond acceptors (Lipinski definition) is 4. The molecule has 1 heterocycles. The van der Waals surface area contributed by atoms with Gasteiger partial charge in [-0.15, -0.1) is 11.3 Å². The molecule has 0 fully saturated rings. The number of unbranched alkanes of at least 4 members (excludes halogenated alkanes) is 1. The summed E-state index contributed by atoms with van der Waals surface area (Å²) in [6.45, 7) is 2.95. The van der Waals surface area contributed by atoms with Crippen LogP contribution in [0.4, 0.5) is 9.39 Å². The summed E-state index contributed by atoms with van der Waals surface area (Å²) in [5.74, 6) is -1.15. The molecule has 2 aromatic rings. The summed E-state index contributed by atoms with van der Waals surface area (Å²) in [6.07, 6.45) is 1.67. The van der Waals surface area contributed by atoms with Crippen LogP contribution in [0.3, 0.4) is 0 Å². The summed E-state index contributed by atoms with van der Waals surface area (Å²) in [5, 5.41) is 6.07. The van der Waals surface area contributed by atoms with Crippen molar-refractivity contribution in [2.24, 2.45) is 5.73 Å². The quantitative estimate of drug-likeness (QED) is 0.639. The van der Waals surface area contributed by atoms with Crippen LogP contribution in [0.2, 0.25) is 5.02 Å². The number of hydrogen-bond donors (Lipinski definition) is 3. The van der Waals surface area contributed by atoms with Crippen LogP contribution in [-0.4, -0.2) is 24.9 Å². The van der Waals surface area contributed by atoms with Crippen LogP contribution in [0.15, 0.2) is 24.3 Å². The Morgan fingerprint density at radius 2 is 2.00 bits per heavy atom. The normalized spacial score (nSPS) is 10.6. The monoisotopic (exact) mass is 383 g/mol. The number of anilines is 1. The maximum absolute atomic E-state index is 13.1. The van der Waals surface area contributed by atoms with E-state index in [4.69, 9.17) is 17.3 Å². The fraction of sp³-hybridized carbons (Fsp3) is 0.294. The van der Waals surface area contributed by atoms with E-state index in [1.807, 2.05) is 0 Å². The van der Waals surface area contributed by atoms with Crippen molar-refractivity contribution in [3.63, 3.8) is 0 Å². The number of halogens is 2. The summed E-state index contributed by atoms with van der Waals surface area (Å²) in [5.41, 5.74) is 6.35. The maximum atomic E-state index is 13.1. The highest BCUT2D eigenvalue weighted by Crippen LogP contribution is 2.28. The second-order valence-electron chi connectivity index (χ2n) is 5.45. The first-order chi connectivity index (χ1) is 11.9. The summed E-state index contributed by atoms with van der Waals surface area (Å²) in [6, 6.07) is 5.28. The maximum Gasteiger partial charge on any atom is 0.261 e. The number of thiophene rings is 1. The highest BCUT2D eigenvalue weighted by atomic mass is 35.5. The predicted molar refractivity (Wildman–Crippen MR) is 99.0 cm³/mol. The standard InChI is InChI=1S/C17H19ClFN3O2S/c1-10-8-14(25-15(10)17(24)21-7-3-2-6-20)22-16(23)12-5-4-11(19)9-13(12)18/h4-5,8-9H,2-3,6-7,20H2,1H3,(H,21,24)(H,22,23). The van der Waals surface area contributed by atoms with E-state index in [9.17, 15) is 14.0 Å². The van der Waals surface area contributed by atoms with Crippen molar-refractivity contribution in [2.45, 2.75) is 19.8 Å². The Hall–Kier alpha value is -1.96. The molecule has 5 nitrogen and oxygen atoms in total. The Kier molecular flexibility index (Phi) is 6.92. The number of nitrogens with two attached hydrogens (primary N) is 1. The van der Waals surface area contributed by atoms with Gasteiger partial charge >= 0.3 is 0 Å². The average molecular weight is 384 g/mol. The van der Waals surface area contributed by atoms with Gasteiger partial charge < -0.3 is 16.4 Å². The van der Waals surface area contributed by atoms with Crippen molar-refractivity contribution >= 4 is 39.8 Å². The molecule has 0 aliphatic heterocycles. The van der Waals surface area contributed by atoms with Crippen LogP contribution in [0.1, 0.15) is 38.4 Å². The van der Waals surface area contributed by atoms with Crippen molar-refractivity contribution in [2.75, 3.05) is 18.4 Å². The van der Waals surface area contributed by atoms with E-state index < -0.39 is 11.7 Å². The van der Waals surface area contributed by atoms with E-state index in [1.54, 1.807) is 13.0 Å². The SMILES string of the molecule is Cc1cc(NC(=O)c2ccc(F)cc2Cl)sc1C(=O)NCCCCN. The highest BCUT2D eigenvalue weighted by molar-refractivity contribution is 7.18. The van der Waals surface area contributed by atoms with Gasteiger partial charge in [-0.05, 0) is 56.1 Å². The van der Waals surface area contributed by atoms with E-state index in [2.05, 4.69) is 10.6 Å². The smallest absolute Gasteiger partial charge is 0.261 e. The van der Waals surface area contributed by atoms with E-state index in [1.165, 1.54) is 23.5 Å². The third kappa shape index (κ3) is 5.26. The van der Waals surface area contributed by atoms with Crippen LogP contribution in [0.25, 0.3) is 0 Å². The largest absolute Gasteiger partial charge is 0.351 e. The predicted octanol–water partition coefficient (Wildman–Crippen LogP) is 3.57. The molecule has 0 atom stereocenters. The molecule has 0 radical (unpaired) electrons. The first-order valence-electron chi connectivity index (χ1n) is 7.77. The third-order valence-electron chi connectivity index (χ3n) is 3.45. The van der Waals surface area contributed by atoms with Crippen LogP contribution >= 0.6 is 22.9 Å². The number of carbonyl (C=O) groups excluding carboxylic acids is 2. The molecule has 0 saturated carbocycles. The van der Waals surface area contributed by atoms with Gasteiger partial charge in [0.15, 0.2) is 0 Å². The number of aryl methyl sites for hydroxylation is 1. The zero-order valence-electron chi connectivity index (χ0n) is 13.7. The zero-order valence-corrected chi connectivity index (χ0v) is 15.3. The number of rotatable bonds is 7. The van der Waals surface area contributed by atoms with Gasteiger partial charge in [0.05, 0.1) is 20.5 Å². The summed E-state index contributed by atoms with van der Waals surface area (Å²) < 4.78 is 13.1. The van der Waals surface area contributed by atoms with Gasteiger partial charge in [-0.2, -0.15) is 0 Å². The molecule has 8 heteroatoms. The Labute approximate surface area is 154 Å². The molecule has 0 spiro atoms. The topological polar surface area (TPSA) is 84.2 Å². The highest BCUT2D eigenvalue weighted by Gasteiger charge is 2.16. The Bertz CT molecular complexity index is 779. The molecule has 1 aromatic heterocycles. The molecule has 0 saturated heterocycles. The molecule has 1 aromatic carbocycles. The lowest BCUT2D eigenvalue weighted by molar-refractivity contribution is 0.0955. The molecule has 0 aliphatic rings. The van der Waals surface area contributed by atoms with Gasteiger partial charge in [-0.1, -0.05) is 11.6 Å². The molecule has 0 aliphatic carbocycles. The fourth-order valence-electron chi connectivity index (χ4n) is 2.17. The number of nitrogens with one attached hydrogen (secondary N) is 2. The van der Waals surface area contributed by atoms with E-state index in [0.29, 0.717) is 23.0 Å². The molecular formula is C17H19ClFN3O2S. The first-order valence-corrected chi connectivity index (χ1v) is 8.97. The lowest BCUT2D eigenvalue weighted by Crippen LogP contribution is -2.24. The van der Waals surface area contributed by atoms with Crippen LogP contribution in [0, 0.1) is 12.7 Å². The molecule has 25 heavy (non-hydrogen) atoms. The van der Waals surface area contributed by atoms with Gasteiger partial charge in [0.25, 0.3) is 11.8 Å². The second kappa shape index (κ2) is 8.94. The van der Waals surface area contributed by atoms with E-state index in [-0.39, 0.29) is 16.5 Å². The molecule has 4 N–H and O–H groups in total. The van der Waals surface area contributed by atoms with Crippen molar-refractivity contribution < 1.29 is 14.0 Å². The zero-order chi connectivity index (χ0) is 18.4. The minimum absolute atomic E-state index is 0.0312. The Balaban J connectivity index is 2.04. The van der Waals surface area contributed by atoms with Crippen molar-refractivity contribution in [1.82, 2.24) is 5.32 Å². The summed E-state index contributed by atoms with van der Waals surface area (Å²) >= 11 is 7.07. The fourth-order valence-corrected chi connectivity index (χ4v) is 3.41. The van der Waals surface area contributed by atoms with Gasteiger partial charge in [0, 0.05) is 6.54 Å². The minimum Gasteiger partial charge on any atom is -0.351 e. The average Bonchev–Trinajstić information content (AvgIpc) is 2.91. The number of amides is 2. The van der Waals surface area contributed by atoms with Crippen molar-refractivity contribution in [3.05, 3.63) is 51.1 Å². The van der Waals surface area contributed by atoms with Gasteiger partial charge in [-0.3, -0.25) is 9.59 Å². The van der Waals surface area contributed by atoms with E-state index in [0.717, 1.165) is 24.5 Å². The van der Waals surface area contributed by atoms with Crippen LogP contribution in [-0.2, 0) is 0 Å². The third-order valence-corrected chi connectivity index (χ3v) is 4.92. The Morgan fingerprint density at radius 3 is 2.68 bits per heavy atom. The molecule has 0 unspecified atom stereocenters. The van der Waals surface area contributed by atoms with Crippen molar-refractivity contribution in [3.8, 4) is 0 Å². The number of benzene rings is 1. The number of carbonyl (C=O) groups is 2.